The average molecular weight is 283 g/mol. The van der Waals surface area contributed by atoms with Crippen LogP contribution in [0.3, 0.4) is 0 Å². The summed E-state index contributed by atoms with van der Waals surface area (Å²) in [5, 5.41) is 0.378. The van der Waals surface area contributed by atoms with E-state index in [0.29, 0.717) is 16.4 Å². The second-order valence-electron chi connectivity index (χ2n) is 4.63. The highest BCUT2D eigenvalue weighted by molar-refractivity contribution is 6.70. The quantitative estimate of drug-likeness (QED) is 0.388. The van der Waals surface area contributed by atoms with Gasteiger partial charge in [0, 0.05) is 17.5 Å². The molecule has 0 aromatic heterocycles. The largest absolute Gasteiger partial charge is 0.501 e. The van der Waals surface area contributed by atoms with Gasteiger partial charge in [-0.2, -0.15) is 0 Å². The first kappa shape index (κ1) is 17.6. The molecule has 0 aromatic carbocycles. The highest BCUT2D eigenvalue weighted by Crippen LogP contribution is 2.17. The summed E-state index contributed by atoms with van der Waals surface area (Å²) in [6, 6.07) is 0.101. The summed E-state index contributed by atoms with van der Waals surface area (Å²) in [5.41, 5.74) is 1.14. The van der Waals surface area contributed by atoms with Crippen molar-refractivity contribution in [2.24, 2.45) is 15.9 Å². The zero-order chi connectivity index (χ0) is 15.0. The molecule has 0 fully saturated rings. The van der Waals surface area contributed by atoms with Crippen LogP contribution < -0.4 is 0 Å². The Morgan fingerprint density at radius 1 is 1.21 bits per heavy atom. The van der Waals surface area contributed by atoms with Gasteiger partial charge in [-0.25, -0.2) is 0 Å². The van der Waals surface area contributed by atoms with E-state index in [2.05, 4.69) is 23.3 Å². The molecule has 0 aliphatic rings. The van der Waals surface area contributed by atoms with Crippen molar-refractivity contribution in [2.75, 3.05) is 7.11 Å². The number of hydrogen-bond acceptors (Lipinski definition) is 3. The van der Waals surface area contributed by atoms with Crippen molar-refractivity contribution in [3.63, 3.8) is 0 Å². The zero-order valence-electron chi connectivity index (χ0n) is 12.4. The van der Waals surface area contributed by atoms with E-state index >= 15 is 0 Å². The number of halogens is 1. The van der Waals surface area contributed by atoms with Gasteiger partial charge < -0.3 is 4.74 Å². The van der Waals surface area contributed by atoms with Crippen molar-refractivity contribution in [3.05, 3.63) is 35.8 Å². The first-order valence-corrected chi connectivity index (χ1v) is 6.56. The van der Waals surface area contributed by atoms with Crippen molar-refractivity contribution in [2.45, 2.75) is 33.7 Å². The standard InChI is InChI=1S/C15H23ClN2O/c1-10(2)14(19-7)9-8-13(12(5)17-6)15(16)18-11(3)4/h8-11H,5-6H2,1-4,7H3/b13-8+,14-9+,18-15?. The van der Waals surface area contributed by atoms with E-state index in [1.54, 1.807) is 7.11 Å². The van der Waals surface area contributed by atoms with Crippen LogP contribution in [0.15, 0.2) is 45.7 Å². The molecule has 0 radical (unpaired) electrons. The molecule has 0 rings (SSSR count). The van der Waals surface area contributed by atoms with Gasteiger partial charge in [0.15, 0.2) is 0 Å². The van der Waals surface area contributed by atoms with Gasteiger partial charge in [0.1, 0.15) is 5.17 Å². The summed E-state index contributed by atoms with van der Waals surface area (Å²) in [6.07, 6.45) is 3.67. The van der Waals surface area contributed by atoms with E-state index in [9.17, 15) is 0 Å². The van der Waals surface area contributed by atoms with Crippen molar-refractivity contribution in [1.29, 1.82) is 0 Å². The number of aliphatic imine (C=N–C) groups is 2. The van der Waals surface area contributed by atoms with Gasteiger partial charge in [0.05, 0.1) is 18.6 Å². The lowest BCUT2D eigenvalue weighted by atomic mass is 10.1. The lowest BCUT2D eigenvalue weighted by Gasteiger charge is -2.09. The average Bonchev–Trinajstić information content (AvgIpc) is 2.32. The van der Waals surface area contributed by atoms with Crippen LogP contribution in [0.5, 0.6) is 0 Å². The maximum absolute atomic E-state index is 6.18. The fraction of sp³-hybridized carbons (Fsp3) is 0.467. The van der Waals surface area contributed by atoms with Crippen molar-refractivity contribution in [3.8, 4) is 0 Å². The van der Waals surface area contributed by atoms with E-state index in [-0.39, 0.29) is 12.0 Å². The second-order valence-corrected chi connectivity index (χ2v) is 4.98. The Kier molecular flexibility index (Phi) is 8.08. The fourth-order valence-corrected chi connectivity index (χ4v) is 1.69. The van der Waals surface area contributed by atoms with Gasteiger partial charge in [-0.15, -0.1) is 0 Å². The normalized spacial score (nSPS) is 14.0. The van der Waals surface area contributed by atoms with Crippen LogP contribution in [0.2, 0.25) is 0 Å². The lowest BCUT2D eigenvalue weighted by molar-refractivity contribution is 0.254. The van der Waals surface area contributed by atoms with Gasteiger partial charge in [0.2, 0.25) is 0 Å². The molecule has 0 bridgehead atoms. The molecular formula is C15H23ClN2O. The predicted octanol–water partition coefficient (Wildman–Crippen LogP) is 4.36. The molecule has 0 aliphatic heterocycles. The maximum Gasteiger partial charge on any atom is 0.133 e. The maximum atomic E-state index is 6.18. The number of methoxy groups -OCH3 is 1. The summed E-state index contributed by atoms with van der Waals surface area (Å²) in [6.45, 7) is 15.3. The molecule has 106 valence electrons. The number of rotatable bonds is 7. The van der Waals surface area contributed by atoms with E-state index in [4.69, 9.17) is 16.3 Å². The Bertz CT molecular complexity index is 418. The minimum atomic E-state index is 0.101. The molecule has 0 spiro atoms. The van der Waals surface area contributed by atoms with Crippen LogP contribution in [0.25, 0.3) is 0 Å². The van der Waals surface area contributed by atoms with Crippen LogP contribution in [-0.4, -0.2) is 25.0 Å². The first-order valence-electron chi connectivity index (χ1n) is 6.19. The fourth-order valence-electron chi connectivity index (χ4n) is 1.33. The van der Waals surface area contributed by atoms with E-state index < -0.39 is 0 Å². The molecular weight excluding hydrogens is 260 g/mol. The molecule has 0 aliphatic carbocycles. The Balaban J connectivity index is 5.50. The van der Waals surface area contributed by atoms with Crippen LogP contribution >= 0.6 is 11.6 Å². The number of nitrogens with zero attached hydrogens (tertiary/aromatic N) is 2. The Morgan fingerprint density at radius 3 is 2.16 bits per heavy atom. The highest BCUT2D eigenvalue weighted by Gasteiger charge is 2.08. The first-order chi connectivity index (χ1) is 8.83. The summed E-state index contributed by atoms with van der Waals surface area (Å²) in [5.74, 6) is 1.14. The van der Waals surface area contributed by atoms with Crippen LogP contribution in [0.4, 0.5) is 0 Å². The molecule has 19 heavy (non-hydrogen) atoms. The van der Waals surface area contributed by atoms with Crippen LogP contribution in [0, 0.1) is 5.92 Å². The minimum Gasteiger partial charge on any atom is -0.501 e. The van der Waals surface area contributed by atoms with Crippen molar-refractivity contribution >= 4 is 23.5 Å². The molecule has 0 saturated carbocycles. The van der Waals surface area contributed by atoms with Gasteiger partial charge in [-0.1, -0.05) is 32.0 Å². The van der Waals surface area contributed by atoms with Gasteiger partial charge >= 0.3 is 0 Å². The minimum absolute atomic E-state index is 0.101. The van der Waals surface area contributed by atoms with Crippen molar-refractivity contribution < 1.29 is 4.74 Å². The Morgan fingerprint density at radius 2 is 1.79 bits per heavy atom. The molecule has 3 nitrogen and oxygen atoms in total. The summed E-state index contributed by atoms with van der Waals surface area (Å²) in [4.78, 5) is 8.11. The molecule has 0 aromatic rings. The third kappa shape index (κ3) is 6.39. The summed E-state index contributed by atoms with van der Waals surface area (Å²) >= 11 is 6.18. The van der Waals surface area contributed by atoms with Crippen molar-refractivity contribution in [1.82, 2.24) is 0 Å². The molecule has 0 N–H and O–H groups in total. The van der Waals surface area contributed by atoms with E-state index in [1.165, 1.54) is 0 Å². The Labute approximate surface area is 121 Å². The van der Waals surface area contributed by atoms with Crippen LogP contribution in [0.1, 0.15) is 27.7 Å². The Hall–Kier alpha value is -1.35. The third-order valence-electron chi connectivity index (χ3n) is 2.31. The second kappa shape index (κ2) is 8.70. The molecule has 0 unspecified atom stereocenters. The topological polar surface area (TPSA) is 34.0 Å². The molecule has 0 heterocycles. The van der Waals surface area contributed by atoms with Gasteiger partial charge in [0.25, 0.3) is 0 Å². The smallest absolute Gasteiger partial charge is 0.133 e. The predicted molar refractivity (Wildman–Crippen MR) is 85.1 cm³/mol. The van der Waals surface area contributed by atoms with Crippen LogP contribution in [-0.2, 0) is 4.74 Å². The van der Waals surface area contributed by atoms with E-state index in [0.717, 1.165) is 5.76 Å². The third-order valence-corrected chi connectivity index (χ3v) is 2.62. The zero-order valence-corrected chi connectivity index (χ0v) is 13.2. The lowest BCUT2D eigenvalue weighted by Crippen LogP contribution is -2.02. The van der Waals surface area contributed by atoms with Gasteiger partial charge in [-0.3, -0.25) is 9.98 Å². The molecule has 0 amide bonds. The SMILES string of the molecule is C=NC(=C)/C(=C\C=C(\OC)C(C)C)C(Cl)=NC(C)C. The summed E-state index contributed by atoms with van der Waals surface area (Å²) in [7, 11) is 1.64. The molecule has 4 heteroatoms. The monoisotopic (exact) mass is 282 g/mol. The molecule has 0 saturated heterocycles. The number of hydrogen-bond donors (Lipinski definition) is 0. The molecule has 0 atom stereocenters. The van der Waals surface area contributed by atoms with Gasteiger partial charge in [-0.05, 0) is 32.7 Å². The highest BCUT2D eigenvalue weighted by atomic mass is 35.5. The van der Waals surface area contributed by atoms with E-state index in [1.807, 2.05) is 39.8 Å². The number of allylic oxidation sites excluding steroid dienone is 4. The number of ether oxygens (including phenoxy) is 1. The summed E-state index contributed by atoms with van der Waals surface area (Å²) < 4.78 is 5.29.